The van der Waals surface area contributed by atoms with Crippen molar-refractivity contribution in [2.24, 2.45) is 0 Å². The summed E-state index contributed by atoms with van der Waals surface area (Å²) < 4.78 is 65.3. The number of hydrogen-bond acceptors (Lipinski definition) is 1. The zero-order valence-electron chi connectivity index (χ0n) is 9.30. The van der Waals surface area contributed by atoms with Crippen LogP contribution in [-0.4, -0.2) is 17.3 Å². The molecular weight excluding hydrogens is 293 g/mol. The van der Waals surface area contributed by atoms with E-state index in [9.17, 15) is 26.7 Å². The number of benzene rings is 1. The molecule has 2 nitrogen and oxygen atoms in total. The van der Waals surface area contributed by atoms with E-state index in [2.05, 4.69) is 5.32 Å². The maximum Gasteiger partial charge on any atom is 0.257 e. The van der Waals surface area contributed by atoms with Gasteiger partial charge in [-0.05, 0) is 12.8 Å². The SMILES string of the molecule is O=C(NC1(CCl)CC1)c1c(F)c(F)c(F)c(F)c1F. The zero-order valence-corrected chi connectivity index (χ0v) is 10.1. The Balaban J connectivity index is 2.42. The smallest absolute Gasteiger partial charge is 0.257 e. The Morgan fingerprint density at radius 3 is 1.79 bits per heavy atom. The van der Waals surface area contributed by atoms with Gasteiger partial charge >= 0.3 is 0 Å². The van der Waals surface area contributed by atoms with E-state index in [1.807, 2.05) is 0 Å². The first-order chi connectivity index (χ1) is 8.83. The summed E-state index contributed by atoms with van der Waals surface area (Å²) in [6.45, 7) is 0. The van der Waals surface area contributed by atoms with E-state index in [0.717, 1.165) is 0 Å². The first-order valence-corrected chi connectivity index (χ1v) is 5.76. The molecule has 0 radical (unpaired) electrons. The molecule has 1 fully saturated rings. The van der Waals surface area contributed by atoms with Crippen LogP contribution in [-0.2, 0) is 0 Å². The normalized spacial score (nSPS) is 16.3. The highest BCUT2D eigenvalue weighted by Crippen LogP contribution is 2.37. The number of halogens is 6. The summed E-state index contributed by atoms with van der Waals surface area (Å²) in [5.74, 6) is -12.3. The van der Waals surface area contributed by atoms with Crippen molar-refractivity contribution in [1.29, 1.82) is 0 Å². The fraction of sp³-hybridized carbons (Fsp3) is 0.364. The second kappa shape index (κ2) is 4.63. The lowest BCUT2D eigenvalue weighted by Crippen LogP contribution is -2.39. The molecule has 0 spiro atoms. The molecule has 19 heavy (non-hydrogen) atoms. The summed E-state index contributed by atoms with van der Waals surface area (Å²) in [4.78, 5) is 11.6. The number of hydrogen-bond donors (Lipinski definition) is 1. The summed E-state index contributed by atoms with van der Waals surface area (Å²) in [7, 11) is 0. The Bertz CT molecular complexity index is 530. The predicted octanol–water partition coefficient (Wildman–Crippen LogP) is 2.88. The molecule has 0 atom stereocenters. The maximum atomic E-state index is 13.3. The van der Waals surface area contributed by atoms with Crippen LogP contribution < -0.4 is 5.32 Å². The van der Waals surface area contributed by atoms with Crippen LogP contribution in [0.25, 0.3) is 0 Å². The largest absolute Gasteiger partial charge is 0.345 e. The minimum atomic E-state index is -2.30. The second-order valence-electron chi connectivity index (χ2n) is 4.31. The van der Waals surface area contributed by atoms with Gasteiger partial charge in [0.05, 0.1) is 5.54 Å². The van der Waals surface area contributed by atoms with Crippen molar-refractivity contribution in [3.8, 4) is 0 Å². The number of amides is 1. The molecule has 2 rings (SSSR count). The van der Waals surface area contributed by atoms with Gasteiger partial charge < -0.3 is 5.32 Å². The van der Waals surface area contributed by atoms with Gasteiger partial charge in [0.25, 0.3) is 5.91 Å². The van der Waals surface area contributed by atoms with Crippen LogP contribution in [0.5, 0.6) is 0 Å². The van der Waals surface area contributed by atoms with E-state index in [0.29, 0.717) is 12.8 Å². The Morgan fingerprint density at radius 1 is 1.00 bits per heavy atom. The number of rotatable bonds is 3. The summed E-state index contributed by atoms with van der Waals surface area (Å²) in [6.07, 6.45) is 0.968. The van der Waals surface area contributed by atoms with Crippen molar-refractivity contribution < 1.29 is 26.7 Å². The topological polar surface area (TPSA) is 29.1 Å². The lowest BCUT2D eigenvalue weighted by atomic mass is 10.1. The highest BCUT2D eigenvalue weighted by molar-refractivity contribution is 6.19. The molecule has 1 N–H and O–H groups in total. The van der Waals surface area contributed by atoms with E-state index in [1.165, 1.54) is 0 Å². The van der Waals surface area contributed by atoms with Crippen LogP contribution >= 0.6 is 11.6 Å². The molecule has 1 saturated carbocycles. The average molecular weight is 300 g/mol. The first kappa shape index (κ1) is 14.0. The molecule has 0 bridgehead atoms. The monoisotopic (exact) mass is 299 g/mol. The number of carbonyl (C=O) groups excluding carboxylic acids is 1. The summed E-state index contributed by atoms with van der Waals surface area (Å²) in [6, 6.07) is 0. The van der Waals surface area contributed by atoms with Crippen LogP contribution in [0.2, 0.25) is 0 Å². The van der Waals surface area contributed by atoms with Crippen molar-refractivity contribution in [2.75, 3.05) is 5.88 Å². The molecule has 1 aromatic rings. The van der Waals surface area contributed by atoms with Crippen molar-refractivity contribution in [3.63, 3.8) is 0 Å². The van der Waals surface area contributed by atoms with Gasteiger partial charge in [0.2, 0.25) is 5.82 Å². The van der Waals surface area contributed by atoms with E-state index in [-0.39, 0.29) is 5.88 Å². The maximum absolute atomic E-state index is 13.3. The molecule has 8 heteroatoms. The van der Waals surface area contributed by atoms with Gasteiger partial charge in [0, 0.05) is 5.88 Å². The van der Waals surface area contributed by atoms with Gasteiger partial charge in [-0.15, -0.1) is 11.6 Å². The minimum Gasteiger partial charge on any atom is -0.345 e. The minimum absolute atomic E-state index is 0.00582. The number of nitrogens with one attached hydrogen (secondary N) is 1. The molecule has 0 unspecified atom stereocenters. The number of alkyl halides is 1. The predicted molar refractivity (Wildman–Crippen MR) is 56.4 cm³/mol. The van der Waals surface area contributed by atoms with Gasteiger partial charge in [-0.1, -0.05) is 0 Å². The zero-order chi connectivity index (χ0) is 14.4. The standard InChI is InChI=1S/C11H7ClF5NO/c12-3-11(1-2-11)18-10(19)4-5(13)7(15)9(17)8(16)6(4)14/h1-3H2,(H,18,19). The van der Waals surface area contributed by atoms with E-state index in [1.54, 1.807) is 0 Å². The molecule has 1 aromatic carbocycles. The Kier molecular flexibility index (Phi) is 3.42. The van der Waals surface area contributed by atoms with Crippen molar-refractivity contribution in [3.05, 3.63) is 34.6 Å². The molecule has 1 aliphatic rings. The molecule has 0 heterocycles. The summed E-state index contributed by atoms with van der Waals surface area (Å²) in [5, 5.41) is 2.18. The third-order valence-electron chi connectivity index (χ3n) is 2.92. The molecule has 104 valence electrons. The molecule has 1 aliphatic carbocycles. The van der Waals surface area contributed by atoms with Crippen LogP contribution in [0.4, 0.5) is 22.0 Å². The Labute approximate surface area is 109 Å². The van der Waals surface area contributed by atoms with Crippen molar-refractivity contribution >= 4 is 17.5 Å². The Hall–Kier alpha value is -1.37. The highest BCUT2D eigenvalue weighted by Gasteiger charge is 2.44. The highest BCUT2D eigenvalue weighted by atomic mass is 35.5. The van der Waals surface area contributed by atoms with Crippen molar-refractivity contribution in [2.45, 2.75) is 18.4 Å². The fourth-order valence-electron chi connectivity index (χ4n) is 1.55. The lowest BCUT2D eigenvalue weighted by molar-refractivity contribution is 0.0924. The second-order valence-corrected chi connectivity index (χ2v) is 4.58. The summed E-state index contributed by atoms with van der Waals surface area (Å²) >= 11 is 5.54. The molecule has 0 aromatic heterocycles. The first-order valence-electron chi connectivity index (χ1n) is 5.23. The molecule has 0 saturated heterocycles. The molecule has 1 amide bonds. The van der Waals surface area contributed by atoms with E-state index >= 15 is 0 Å². The average Bonchev–Trinajstić information content (AvgIpc) is 3.14. The van der Waals surface area contributed by atoms with Gasteiger partial charge in [0.15, 0.2) is 23.3 Å². The number of carbonyl (C=O) groups is 1. The van der Waals surface area contributed by atoms with Crippen LogP contribution in [0.3, 0.4) is 0 Å². The fourth-order valence-corrected chi connectivity index (χ4v) is 1.88. The van der Waals surface area contributed by atoms with E-state index in [4.69, 9.17) is 11.6 Å². The van der Waals surface area contributed by atoms with Gasteiger partial charge in [-0.2, -0.15) is 0 Å². The van der Waals surface area contributed by atoms with Gasteiger partial charge in [0.1, 0.15) is 5.56 Å². The third kappa shape index (κ3) is 2.27. The quantitative estimate of drug-likeness (QED) is 0.395. The molecule has 0 aliphatic heterocycles. The lowest BCUT2D eigenvalue weighted by Gasteiger charge is -2.15. The van der Waals surface area contributed by atoms with Gasteiger partial charge in [-0.25, -0.2) is 22.0 Å². The third-order valence-corrected chi connectivity index (χ3v) is 3.44. The van der Waals surface area contributed by atoms with Crippen LogP contribution in [0, 0.1) is 29.1 Å². The van der Waals surface area contributed by atoms with Gasteiger partial charge in [-0.3, -0.25) is 4.79 Å². The van der Waals surface area contributed by atoms with Crippen LogP contribution in [0.1, 0.15) is 23.2 Å². The van der Waals surface area contributed by atoms with E-state index < -0.39 is 46.1 Å². The van der Waals surface area contributed by atoms with Crippen molar-refractivity contribution in [1.82, 2.24) is 5.32 Å². The molecular formula is C11H7ClF5NO. The Morgan fingerprint density at radius 2 is 1.42 bits per heavy atom. The summed E-state index contributed by atoms with van der Waals surface area (Å²) in [5.41, 5.74) is -2.31. The van der Waals surface area contributed by atoms with Crippen LogP contribution in [0.15, 0.2) is 0 Å².